The number of nitriles is 1. The van der Waals surface area contributed by atoms with Gasteiger partial charge in [0.25, 0.3) is 0 Å². The van der Waals surface area contributed by atoms with Gasteiger partial charge in [-0.2, -0.15) is 10.4 Å². The molecule has 2 N–H and O–H groups in total. The molecule has 1 aromatic heterocycles. The van der Waals surface area contributed by atoms with Gasteiger partial charge in [-0.3, -0.25) is 9.48 Å². The zero-order chi connectivity index (χ0) is 15.9. The first-order valence-electron chi connectivity index (χ1n) is 7.44. The van der Waals surface area contributed by atoms with Crippen LogP contribution >= 0.6 is 0 Å². The van der Waals surface area contributed by atoms with Crippen molar-refractivity contribution in [3.05, 3.63) is 40.2 Å². The highest BCUT2D eigenvalue weighted by molar-refractivity contribution is 5.99. The van der Waals surface area contributed by atoms with Crippen molar-refractivity contribution in [2.45, 2.75) is 45.6 Å². The summed E-state index contributed by atoms with van der Waals surface area (Å²) in [6.45, 7) is 4.60. The third-order valence-electron chi connectivity index (χ3n) is 4.22. The molecule has 0 fully saturated rings. The van der Waals surface area contributed by atoms with E-state index in [2.05, 4.69) is 11.2 Å². The van der Waals surface area contributed by atoms with Gasteiger partial charge in [0.1, 0.15) is 17.4 Å². The topological polar surface area (TPSA) is 93.9 Å². The van der Waals surface area contributed by atoms with Crippen LogP contribution in [0.3, 0.4) is 0 Å². The monoisotopic (exact) mass is 298 g/mol. The number of nitrogens with zero attached hydrogens (tertiary/aromatic N) is 3. The summed E-state index contributed by atoms with van der Waals surface area (Å²) in [6.07, 6.45) is 3.81. The third kappa shape index (κ3) is 2.10. The van der Waals surface area contributed by atoms with Gasteiger partial charge >= 0.3 is 0 Å². The van der Waals surface area contributed by atoms with Crippen LogP contribution in [0.2, 0.25) is 0 Å². The van der Waals surface area contributed by atoms with Gasteiger partial charge < -0.3 is 10.5 Å². The molecule has 1 atom stereocenters. The molecule has 0 unspecified atom stereocenters. The first-order chi connectivity index (χ1) is 10.6. The average Bonchev–Trinajstić information content (AvgIpc) is 2.87. The van der Waals surface area contributed by atoms with Crippen molar-refractivity contribution >= 4 is 5.78 Å². The highest BCUT2D eigenvalue weighted by Gasteiger charge is 2.39. The second kappa shape index (κ2) is 5.34. The van der Waals surface area contributed by atoms with E-state index in [1.165, 1.54) is 0 Å². The first-order valence-corrected chi connectivity index (χ1v) is 7.44. The van der Waals surface area contributed by atoms with Crippen LogP contribution in [0, 0.1) is 18.3 Å². The van der Waals surface area contributed by atoms with E-state index >= 15 is 0 Å². The summed E-state index contributed by atoms with van der Waals surface area (Å²) in [5, 5.41) is 13.9. The molecule has 0 bridgehead atoms. The molecule has 0 radical (unpaired) electrons. The Balaban J connectivity index is 2.20. The molecule has 2 aliphatic rings. The lowest BCUT2D eigenvalue weighted by atomic mass is 9.78. The number of aryl methyl sites for hydroxylation is 2. The summed E-state index contributed by atoms with van der Waals surface area (Å²) in [7, 11) is 0. The molecule has 1 aromatic rings. The number of rotatable bonds is 2. The number of carbonyl (C=O) groups excluding carboxylic acids is 1. The highest BCUT2D eigenvalue weighted by Crippen LogP contribution is 2.43. The number of hydrogen-bond acceptors (Lipinski definition) is 5. The van der Waals surface area contributed by atoms with Crippen LogP contribution in [0.15, 0.2) is 29.0 Å². The van der Waals surface area contributed by atoms with Crippen molar-refractivity contribution in [2.24, 2.45) is 5.73 Å². The number of nitrogens with two attached hydrogens (primary N) is 1. The fourth-order valence-electron chi connectivity index (χ4n) is 3.15. The fraction of sp³-hybridized carbons (Fsp3) is 0.438. The fourth-order valence-corrected chi connectivity index (χ4v) is 3.15. The van der Waals surface area contributed by atoms with Crippen LogP contribution in [-0.4, -0.2) is 15.6 Å². The van der Waals surface area contributed by atoms with Crippen LogP contribution in [0.4, 0.5) is 0 Å². The molecule has 0 amide bonds. The minimum atomic E-state index is -0.457. The quantitative estimate of drug-likeness (QED) is 0.901. The molecule has 3 rings (SSSR count). The SMILES string of the molecule is CCn1cc([C@@H]2C(C#N)=C(N)OC3=C2C(=O)CCC3)c(C)n1. The van der Waals surface area contributed by atoms with Gasteiger partial charge in [0.2, 0.25) is 5.88 Å². The Morgan fingerprint density at radius 1 is 1.55 bits per heavy atom. The molecule has 1 aliphatic carbocycles. The lowest BCUT2D eigenvalue weighted by molar-refractivity contribution is -0.116. The zero-order valence-corrected chi connectivity index (χ0v) is 12.7. The molecule has 0 saturated carbocycles. The smallest absolute Gasteiger partial charge is 0.205 e. The lowest BCUT2D eigenvalue weighted by Gasteiger charge is -2.30. The van der Waals surface area contributed by atoms with Crippen molar-refractivity contribution in [1.82, 2.24) is 9.78 Å². The number of carbonyl (C=O) groups is 1. The van der Waals surface area contributed by atoms with E-state index < -0.39 is 5.92 Å². The van der Waals surface area contributed by atoms with E-state index in [0.29, 0.717) is 29.7 Å². The number of aromatic nitrogens is 2. The minimum absolute atomic E-state index is 0.0372. The summed E-state index contributed by atoms with van der Waals surface area (Å²) in [4.78, 5) is 12.4. The Bertz CT molecular complexity index is 749. The van der Waals surface area contributed by atoms with Crippen molar-refractivity contribution in [3.8, 4) is 6.07 Å². The maximum absolute atomic E-state index is 12.4. The van der Waals surface area contributed by atoms with Crippen molar-refractivity contribution < 1.29 is 9.53 Å². The summed E-state index contributed by atoms with van der Waals surface area (Å²) in [5.74, 6) is 0.294. The Hall–Kier alpha value is -2.55. The van der Waals surface area contributed by atoms with E-state index in [1.54, 1.807) is 4.68 Å². The number of Topliss-reactive ketones (excluding diaryl/α,β-unsaturated/α-hetero) is 1. The second-order valence-corrected chi connectivity index (χ2v) is 5.56. The summed E-state index contributed by atoms with van der Waals surface area (Å²) in [5.41, 5.74) is 8.46. The van der Waals surface area contributed by atoms with Crippen LogP contribution in [-0.2, 0) is 16.1 Å². The van der Waals surface area contributed by atoms with Gasteiger partial charge in [-0.15, -0.1) is 0 Å². The second-order valence-electron chi connectivity index (χ2n) is 5.56. The molecule has 6 heteroatoms. The Morgan fingerprint density at radius 2 is 2.32 bits per heavy atom. The van der Waals surface area contributed by atoms with Crippen LogP contribution in [0.1, 0.15) is 43.4 Å². The predicted molar refractivity (Wildman–Crippen MR) is 79.2 cm³/mol. The highest BCUT2D eigenvalue weighted by atomic mass is 16.5. The van der Waals surface area contributed by atoms with Gasteiger partial charge in [0.15, 0.2) is 5.78 Å². The zero-order valence-electron chi connectivity index (χ0n) is 12.7. The summed E-state index contributed by atoms with van der Waals surface area (Å²) < 4.78 is 7.36. The van der Waals surface area contributed by atoms with Crippen molar-refractivity contribution in [3.63, 3.8) is 0 Å². The Morgan fingerprint density at radius 3 is 2.95 bits per heavy atom. The molecule has 114 valence electrons. The van der Waals surface area contributed by atoms with Gasteiger partial charge in [-0.05, 0) is 20.3 Å². The van der Waals surface area contributed by atoms with Crippen molar-refractivity contribution in [2.75, 3.05) is 0 Å². The van der Waals surface area contributed by atoms with Crippen molar-refractivity contribution in [1.29, 1.82) is 5.26 Å². The Labute approximate surface area is 128 Å². The maximum Gasteiger partial charge on any atom is 0.205 e. The van der Waals surface area contributed by atoms with E-state index in [4.69, 9.17) is 10.5 Å². The normalized spacial score (nSPS) is 21.5. The molecular weight excluding hydrogens is 280 g/mol. The molecule has 22 heavy (non-hydrogen) atoms. The van der Waals surface area contributed by atoms with Gasteiger partial charge in [0, 0.05) is 36.7 Å². The van der Waals surface area contributed by atoms with Gasteiger partial charge in [-0.1, -0.05) is 0 Å². The van der Waals surface area contributed by atoms with Gasteiger partial charge in [0.05, 0.1) is 11.6 Å². The van der Waals surface area contributed by atoms with E-state index in [0.717, 1.165) is 24.2 Å². The van der Waals surface area contributed by atoms with Gasteiger partial charge in [-0.25, -0.2) is 0 Å². The number of hydrogen-bond donors (Lipinski definition) is 1. The molecule has 1 aliphatic heterocycles. The molecule has 0 aromatic carbocycles. The third-order valence-corrected chi connectivity index (χ3v) is 4.22. The largest absolute Gasteiger partial charge is 0.444 e. The summed E-state index contributed by atoms with van der Waals surface area (Å²) >= 11 is 0. The van der Waals surface area contributed by atoms with E-state index in [9.17, 15) is 10.1 Å². The van der Waals surface area contributed by atoms with Crippen LogP contribution in [0.25, 0.3) is 0 Å². The maximum atomic E-state index is 12.4. The standard InChI is InChI=1S/C16H18N4O2/c1-3-20-8-11(9(2)19-20)14-10(7-17)16(18)22-13-6-4-5-12(21)15(13)14/h8,14H,3-6,18H2,1-2H3/t14-/m0/s1. The van der Waals surface area contributed by atoms with Crippen LogP contribution < -0.4 is 5.73 Å². The number of allylic oxidation sites excluding steroid dienone is 3. The average molecular weight is 298 g/mol. The molecule has 0 saturated heterocycles. The minimum Gasteiger partial charge on any atom is -0.444 e. The van der Waals surface area contributed by atoms with E-state index in [-0.39, 0.29) is 11.7 Å². The molecular formula is C16H18N4O2. The Kier molecular flexibility index (Phi) is 3.49. The summed E-state index contributed by atoms with van der Waals surface area (Å²) in [6, 6.07) is 2.12. The predicted octanol–water partition coefficient (Wildman–Crippen LogP) is 2.03. The lowest BCUT2D eigenvalue weighted by Crippen LogP contribution is -2.27. The van der Waals surface area contributed by atoms with Crippen LogP contribution in [0.5, 0.6) is 0 Å². The number of ether oxygens (including phenoxy) is 1. The first kappa shape index (κ1) is 14.4. The molecule has 2 heterocycles. The molecule has 0 spiro atoms. The van der Waals surface area contributed by atoms with E-state index in [1.807, 2.05) is 20.0 Å². The molecule has 6 nitrogen and oxygen atoms in total. The number of ketones is 1.